The largest absolute Gasteiger partial charge is 0.285 e. The summed E-state index contributed by atoms with van der Waals surface area (Å²) in [6.45, 7) is 0. The quantitative estimate of drug-likeness (QED) is 0.624. The lowest BCUT2D eigenvalue weighted by Gasteiger charge is -2.33. The van der Waals surface area contributed by atoms with Gasteiger partial charge in [0.15, 0.2) is 0 Å². The molecule has 1 aliphatic heterocycles. The highest BCUT2D eigenvalue weighted by molar-refractivity contribution is 5.97. The third kappa shape index (κ3) is 4.25. The minimum Gasteiger partial charge on any atom is -0.285 e. The Hall–Kier alpha value is -1.57. The molecule has 3 rings (SSSR count). The fraction of sp³-hybridized carbons (Fsp3) is 0.571. The van der Waals surface area contributed by atoms with E-state index in [0.29, 0.717) is 6.42 Å². The van der Waals surface area contributed by atoms with E-state index in [1.807, 2.05) is 23.1 Å². The predicted molar refractivity (Wildman–Crippen MR) is 96.4 cm³/mol. The lowest BCUT2D eigenvalue weighted by atomic mass is 9.92. The molecule has 0 fully saturated rings. The SMILES string of the molecule is O=C1CCC2=C(CCCCCCCCCC2)N1c1ccccc1. The molecule has 1 aromatic carbocycles. The molecule has 1 aromatic rings. The van der Waals surface area contributed by atoms with Gasteiger partial charge in [-0.2, -0.15) is 0 Å². The molecule has 0 spiro atoms. The zero-order valence-electron chi connectivity index (χ0n) is 14.2. The first-order valence-electron chi connectivity index (χ1n) is 9.45. The van der Waals surface area contributed by atoms with E-state index in [1.165, 1.54) is 63.5 Å². The van der Waals surface area contributed by atoms with E-state index < -0.39 is 0 Å². The number of allylic oxidation sites excluding steroid dienone is 2. The monoisotopic (exact) mass is 311 g/mol. The fourth-order valence-corrected chi connectivity index (χ4v) is 3.95. The van der Waals surface area contributed by atoms with Gasteiger partial charge in [0.2, 0.25) is 5.91 Å². The van der Waals surface area contributed by atoms with Crippen molar-refractivity contribution in [3.05, 3.63) is 41.6 Å². The number of benzene rings is 1. The number of carbonyl (C=O) groups excluding carboxylic acids is 1. The molecule has 0 bridgehead atoms. The maximum absolute atomic E-state index is 12.6. The average Bonchev–Trinajstić information content (AvgIpc) is 2.57. The summed E-state index contributed by atoms with van der Waals surface area (Å²) in [6, 6.07) is 10.2. The lowest BCUT2D eigenvalue weighted by molar-refractivity contribution is -0.118. The summed E-state index contributed by atoms with van der Waals surface area (Å²) in [5.41, 5.74) is 3.93. The molecule has 2 heteroatoms. The summed E-state index contributed by atoms with van der Waals surface area (Å²) < 4.78 is 0. The molecule has 23 heavy (non-hydrogen) atoms. The second-order valence-electron chi connectivity index (χ2n) is 6.94. The molecular weight excluding hydrogens is 282 g/mol. The molecule has 124 valence electrons. The van der Waals surface area contributed by atoms with Crippen LogP contribution < -0.4 is 4.90 Å². The third-order valence-electron chi connectivity index (χ3n) is 5.22. The van der Waals surface area contributed by atoms with Gasteiger partial charge < -0.3 is 0 Å². The minimum atomic E-state index is 0.280. The van der Waals surface area contributed by atoms with Crippen LogP contribution in [0.1, 0.15) is 77.0 Å². The van der Waals surface area contributed by atoms with Crippen LogP contribution in [-0.2, 0) is 4.79 Å². The van der Waals surface area contributed by atoms with Crippen LogP contribution in [0.3, 0.4) is 0 Å². The molecule has 0 saturated heterocycles. The van der Waals surface area contributed by atoms with Gasteiger partial charge >= 0.3 is 0 Å². The van der Waals surface area contributed by atoms with E-state index in [2.05, 4.69) is 12.1 Å². The minimum absolute atomic E-state index is 0.280. The van der Waals surface area contributed by atoms with Crippen molar-refractivity contribution in [2.24, 2.45) is 0 Å². The van der Waals surface area contributed by atoms with Crippen molar-refractivity contribution in [1.82, 2.24) is 0 Å². The highest BCUT2D eigenvalue weighted by Gasteiger charge is 2.27. The summed E-state index contributed by atoms with van der Waals surface area (Å²) in [5, 5.41) is 0. The average molecular weight is 311 g/mol. The first-order valence-corrected chi connectivity index (χ1v) is 9.45. The van der Waals surface area contributed by atoms with E-state index >= 15 is 0 Å². The standard InChI is InChI=1S/C21H29NO/c23-21-17-16-18-12-8-5-3-1-2-4-6-11-15-20(18)22(21)19-13-9-7-10-14-19/h7,9-10,13-14H,1-6,8,11-12,15-17H2. The zero-order valence-corrected chi connectivity index (χ0v) is 14.2. The molecule has 1 aliphatic carbocycles. The summed E-state index contributed by atoms with van der Waals surface area (Å²) >= 11 is 0. The predicted octanol–water partition coefficient (Wildman–Crippen LogP) is 5.98. The molecule has 0 unspecified atom stereocenters. The van der Waals surface area contributed by atoms with Gasteiger partial charge in [0.05, 0.1) is 0 Å². The second kappa shape index (κ2) is 8.33. The topological polar surface area (TPSA) is 20.3 Å². The van der Waals surface area contributed by atoms with Gasteiger partial charge in [0, 0.05) is 17.8 Å². The second-order valence-corrected chi connectivity index (χ2v) is 6.94. The number of rotatable bonds is 1. The summed E-state index contributed by atoms with van der Waals surface area (Å²) in [7, 11) is 0. The molecular formula is C21H29NO. The molecule has 0 saturated carbocycles. The maximum Gasteiger partial charge on any atom is 0.231 e. The molecule has 1 heterocycles. The van der Waals surface area contributed by atoms with Crippen molar-refractivity contribution in [2.45, 2.75) is 77.0 Å². The van der Waals surface area contributed by atoms with Crippen molar-refractivity contribution < 1.29 is 4.79 Å². The molecule has 2 aliphatic rings. The smallest absolute Gasteiger partial charge is 0.231 e. The Morgan fingerprint density at radius 2 is 1.26 bits per heavy atom. The van der Waals surface area contributed by atoms with Gasteiger partial charge in [-0.3, -0.25) is 9.69 Å². The van der Waals surface area contributed by atoms with Gasteiger partial charge in [-0.25, -0.2) is 0 Å². The van der Waals surface area contributed by atoms with Crippen LogP contribution in [0.2, 0.25) is 0 Å². The fourth-order valence-electron chi connectivity index (χ4n) is 3.95. The molecule has 0 radical (unpaired) electrons. The molecule has 0 N–H and O–H groups in total. The number of carbonyl (C=O) groups is 1. The summed E-state index contributed by atoms with van der Waals surface area (Å²) in [4.78, 5) is 14.6. The number of anilines is 1. The molecule has 1 amide bonds. The van der Waals surface area contributed by atoms with Crippen molar-refractivity contribution >= 4 is 11.6 Å². The highest BCUT2D eigenvalue weighted by atomic mass is 16.2. The molecule has 0 atom stereocenters. The highest BCUT2D eigenvalue weighted by Crippen LogP contribution is 2.34. The van der Waals surface area contributed by atoms with Crippen LogP contribution in [-0.4, -0.2) is 5.91 Å². The summed E-state index contributed by atoms with van der Waals surface area (Å²) in [5.74, 6) is 0.280. The van der Waals surface area contributed by atoms with Crippen molar-refractivity contribution in [2.75, 3.05) is 4.90 Å². The van der Waals surface area contributed by atoms with E-state index in [4.69, 9.17) is 0 Å². The van der Waals surface area contributed by atoms with Crippen molar-refractivity contribution in [1.29, 1.82) is 0 Å². The van der Waals surface area contributed by atoms with Gasteiger partial charge in [-0.15, -0.1) is 0 Å². The van der Waals surface area contributed by atoms with Gasteiger partial charge in [0.1, 0.15) is 0 Å². The Balaban J connectivity index is 1.87. The van der Waals surface area contributed by atoms with Crippen LogP contribution in [0.4, 0.5) is 5.69 Å². The Labute approximate surface area is 140 Å². The van der Waals surface area contributed by atoms with E-state index in [-0.39, 0.29) is 5.91 Å². The van der Waals surface area contributed by atoms with Crippen molar-refractivity contribution in [3.8, 4) is 0 Å². The Kier molecular flexibility index (Phi) is 5.90. The number of amides is 1. The molecule has 2 nitrogen and oxygen atoms in total. The van der Waals surface area contributed by atoms with Crippen LogP contribution in [0.15, 0.2) is 41.6 Å². The first-order chi connectivity index (χ1) is 11.4. The number of hydrogen-bond donors (Lipinski definition) is 0. The first kappa shape index (κ1) is 16.3. The Bertz CT molecular complexity index is 546. The van der Waals surface area contributed by atoms with E-state index in [0.717, 1.165) is 18.5 Å². The normalized spacial score (nSPS) is 21.4. The van der Waals surface area contributed by atoms with Gasteiger partial charge in [-0.05, 0) is 49.8 Å². The number of hydrogen-bond acceptors (Lipinski definition) is 1. The van der Waals surface area contributed by atoms with Crippen LogP contribution >= 0.6 is 0 Å². The number of para-hydroxylation sites is 1. The van der Waals surface area contributed by atoms with E-state index in [9.17, 15) is 4.79 Å². The number of nitrogens with zero attached hydrogens (tertiary/aromatic N) is 1. The van der Waals surface area contributed by atoms with Crippen LogP contribution in [0, 0.1) is 0 Å². The third-order valence-corrected chi connectivity index (χ3v) is 5.22. The van der Waals surface area contributed by atoms with E-state index in [1.54, 1.807) is 5.57 Å². The maximum atomic E-state index is 12.6. The van der Waals surface area contributed by atoms with Crippen LogP contribution in [0.25, 0.3) is 0 Å². The zero-order chi connectivity index (χ0) is 15.9. The van der Waals surface area contributed by atoms with Gasteiger partial charge in [-0.1, -0.05) is 56.7 Å². The molecule has 0 aromatic heterocycles. The van der Waals surface area contributed by atoms with Crippen molar-refractivity contribution in [3.63, 3.8) is 0 Å². The Morgan fingerprint density at radius 3 is 1.96 bits per heavy atom. The lowest BCUT2D eigenvalue weighted by Crippen LogP contribution is -2.34. The van der Waals surface area contributed by atoms with Gasteiger partial charge in [0.25, 0.3) is 0 Å². The summed E-state index contributed by atoms with van der Waals surface area (Å²) in [6.07, 6.45) is 14.6. The van der Waals surface area contributed by atoms with Crippen LogP contribution in [0.5, 0.6) is 0 Å². The Morgan fingerprint density at radius 1 is 0.652 bits per heavy atom.